The van der Waals surface area contributed by atoms with E-state index in [1.807, 2.05) is 0 Å². The summed E-state index contributed by atoms with van der Waals surface area (Å²) in [6.45, 7) is 0. The Morgan fingerprint density at radius 1 is 0.875 bits per heavy atom. The standard InChI is InChI=1S/C15H14N6O2S/c16-15-18-10-8-14(20-15)19-11-4-6-12(7-5-11)24(22,23)21-13-3-1-2-9-17-13/h1-10H,(H,17,21)(H3,16,18,19,20). The lowest BCUT2D eigenvalue weighted by Crippen LogP contribution is -2.13. The second kappa shape index (κ2) is 6.50. The molecule has 3 rings (SSSR count). The largest absolute Gasteiger partial charge is 0.368 e. The first-order valence-corrected chi connectivity index (χ1v) is 8.41. The van der Waals surface area contributed by atoms with Crippen LogP contribution in [0.5, 0.6) is 0 Å². The first kappa shape index (κ1) is 15.7. The Morgan fingerprint density at radius 3 is 2.33 bits per heavy atom. The number of nitrogens with two attached hydrogens (primary N) is 1. The van der Waals surface area contributed by atoms with E-state index in [1.54, 1.807) is 36.4 Å². The molecule has 8 nitrogen and oxygen atoms in total. The number of hydrogen-bond donors (Lipinski definition) is 3. The van der Waals surface area contributed by atoms with Gasteiger partial charge in [0.2, 0.25) is 5.95 Å². The minimum absolute atomic E-state index is 0.126. The Morgan fingerprint density at radius 2 is 1.67 bits per heavy atom. The van der Waals surface area contributed by atoms with Crippen molar-refractivity contribution in [3.8, 4) is 0 Å². The smallest absolute Gasteiger partial charge is 0.263 e. The van der Waals surface area contributed by atoms with Gasteiger partial charge < -0.3 is 11.1 Å². The number of hydrogen-bond acceptors (Lipinski definition) is 7. The highest BCUT2D eigenvalue weighted by molar-refractivity contribution is 7.92. The van der Waals surface area contributed by atoms with Gasteiger partial charge in [-0.3, -0.25) is 4.72 Å². The molecule has 0 saturated carbocycles. The zero-order valence-corrected chi connectivity index (χ0v) is 13.2. The summed E-state index contributed by atoms with van der Waals surface area (Å²) in [4.78, 5) is 11.9. The van der Waals surface area contributed by atoms with Crippen LogP contribution in [0, 0.1) is 0 Å². The summed E-state index contributed by atoms with van der Waals surface area (Å²) in [5, 5.41) is 3.01. The summed E-state index contributed by atoms with van der Waals surface area (Å²) in [6.07, 6.45) is 3.04. The van der Waals surface area contributed by atoms with Crippen LogP contribution in [0.3, 0.4) is 0 Å². The second-order valence-corrected chi connectivity index (χ2v) is 6.45. The average molecular weight is 342 g/mol. The first-order chi connectivity index (χ1) is 11.5. The third kappa shape index (κ3) is 3.76. The highest BCUT2D eigenvalue weighted by Crippen LogP contribution is 2.19. The minimum Gasteiger partial charge on any atom is -0.368 e. The highest BCUT2D eigenvalue weighted by Gasteiger charge is 2.14. The Kier molecular flexibility index (Phi) is 4.25. The quantitative estimate of drug-likeness (QED) is 0.648. The van der Waals surface area contributed by atoms with Gasteiger partial charge in [0.25, 0.3) is 10.0 Å². The number of benzene rings is 1. The van der Waals surface area contributed by atoms with Crippen LogP contribution in [0.15, 0.2) is 65.8 Å². The van der Waals surface area contributed by atoms with Gasteiger partial charge in [-0.25, -0.2) is 18.4 Å². The summed E-state index contributed by atoms with van der Waals surface area (Å²) in [6, 6.07) is 12.9. The van der Waals surface area contributed by atoms with E-state index in [1.165, 1.54) is 24.5 Å². The normalized spacial score (nSPS) is 11.0. The number of nitrogen functional groups attached to an aromatic ring is 1. The predicted molar refractivity (Wildman–Crippen MR) is 91.2 cm³/mol. The molecule has 3 aromatic rings. The van der Waals surface area contributed by atoms with Gasteiger partial charge in [-0.15, -0.1) is 0 Å². The molecule has 0 aliphatic heterocycles. The summed E-state index contributed by atoms with van der Waals surface area (Å²) < 4.78 is 27.0. The molecule has 0 fully saturated rings. The van der Waals surface area contributed by atoms with Crippen LogP contribution in [0.1, 0.15) is 0 Å². The lowest BCUT2D eigenvalue weighted by Gasteiger charge is -2.09. The number of nitrogens with one attached hydrogen (secondary N) is 2. The topological polar surface area (TPSA) is 123 Å². The Labute approximate surface area is 138 Å². The molecule has 0 saturated heterocycles. The average Bonchev–Trinajstić information content (AvgIpc) is 2.56. The number of aromatic nitrogens is 3. The fraction of sp³-hybridized carbons (Fsp3) is 0. The second-order valence-electron chi connectivity index (χ2n) is 4.77. The zero-order chi connectivity index (χ0) is 17.0. The van der Waals surface area contributed by atoms with E-state index in [4.69, 9.17) is 5.73 Å². The molecule has 4 N–H and O–H groups in total. The van der Waals surface area contributed by atoms with Crippen LogP contribution in [0.4, 0.5) is 23.3 Å². The number of pyridine rings is 1. The molecule has 1 aromatic carbocycles. The molecule has 0 bridgehead atoms. The lowest BCUT2D eigenvalue weighted by atomic mass is 10.3. The van der Waals surface area contributed by atoms with Gasteiger partial charge in [-0.1, -0.05) is 6.07 Å². The molecule has 2 heterocycles. The molecule has 9 heteroatoms. The third-order valence-corrected chi connectivity index (χ3v) is 4.39. The van der Waals surface area contributed by atoms with Gasteiger partial charge in [-0.05, 0) is 42.5 Å². The van der Waals surface area contributed by atoms with Gasteiger partial charge in [0.1, 0.15) is 11.6 Å². The van der Waals surface area contributed by atoms with E-state index in [2.05, 4.69) is 25.0 Å². The van der Waals surface area contributed by atoms with Gasteiger partial charge >= 0.3 is 0 Å². The Hall–Kier alpha value is -3.20. The molecule has 0 unspecified atom stereocenters. The van der Waals surface area contributed by atoms with Crippen LogP contribution in [0.2, 0.25) is 0 Å². The summed E-state index contributed by atoms with van der Waals surface area (Å²) in [7, 11) is -3.70. The van der Waals surface area contributed by atoms with Crippen LogP contribution in [-0.4, -0.2) is 23.4 Å². The number of rotatable bonds is 5. The van der Waals surface area contributed by atoms with Crippen LogP contribution in [-0.2, 0) is 10.0 Å². The fourth-order valence-corrected chi connectivity index (χ4v) is 2.94. The first-order valence-electron chi connectivity index (χ1n) is 6.92. The Bertz CT molecular complexity index is 930. The van der Waals surface area contributed by atoms with E-state index >= 15 is 0 Å². The molecule has 122 valence electrons. The minimum atomic E-state index is -3.70. The van der Waals surface area contributed by atoms with E-state index in [0.29, 0.717) is 11.5 Å². The highest BCUT2D eigenvalue weighted by atomic mass is 32.2. The van der Waals surface area contributed by atoms with E-state index < -0.39 is 10.0 Å². The van der Waals surface area contributed by atoms with Gasteiger partial charge in [0.15, 0.2) is 0 Å². The van der Waals surface area contributed by atoms with Crippen molar-refractivity contribution in [2.75, 3.05) is 15.8 Å². The zero-order valence-electron chi connectivity index (χ0n) is 12.4. The Balaban J connectivity index is 1.76. The molecule has 0 aliphatic carbocycles. The van der Waals surface area contributed by atoms with Crippen molar-refractivity contribution in [1.82, 2.24) is 15.0 Å². The summed E-state index contributed by atoms with van der Waals surface area (Å²) in [5.74, 6) is 0.930. The SMILES string of the molecule is Nc1nccc(Nc2ccc(S(=O)(=O)Nc3ccccn3)cc2)n1. The van der Waals surface area contributed by atoms with Gasteiger partial charge in [0.05, 0.1) is 4.90 Å². The number of nitrogens with zero attached hydrogens (tertiary/aromatic N) is 3. The molecular weight excluding hydrogens is 328 g/mol. The molecule has 2 aromatic heterocycles. The van der Waals surface area contributed by atoms with Crippen LogP contribution >= 0.6 is 0 Å². The van der Waals surface area contributed by atoms with E-state index in [-0.39, 0.29) is 16.7 Å². The van der Waals surface area contributed by atoms with Gasteiger partial charge in [0, 0.05) is 18.1 Å². The fourth-order valence-electron chi connectivity index (χ4n) is 1.93. The van der Waals surface area contributed by atoms with Crippen molar-refractivity contribution in [2.45, 2.75) is 4.90 Å². The maximum atomic E-state index is 12.3. The van der Waals surface area contributed by atoms with E-state index in [0.717, 1.165) is 0 Å². The molecule has 0 spiro atoms. The molecule has 24 heavy (non-hydrogen) atoms. The van der Waals surface area contributed by atoms with Crippen molar-refractivity contribution >= 4 is 33.3 Å². The number of sulfonamides is 1. The molecule has 0 aliphatic rings. The van der Waals surface area contributed by atoms with Crippen LogP contribution in [0.25, 0.3) is 0 Å². The van der Waals surface area contributed by atoms with Crippen molar-refractivity contribution < 1.29 is 8.42 Å². The molecule has 0 radical (unpaired) electrons. The van der Waals surface area contributed by atoms with Crippen molar-refractivity contribution in [2.24, 2.45) is 0 Å². The summed E-state index contributed by atoms with van der Waals surface area (Å²) in [5.41, 5.74) is 6.18. The van der Waals surface area contributed by atoms with Crippen molar-refractivity contribution in [3.05, 3.63) is 60.9 Å². The lowest BCUT2D eigenvalue weighted by molar-refractivity contribution is 0.601. The predicted octanol–water partition coefficient (Wildman–Crippen LogP) is 2.00. The maximum absolute atomic E-state index is 12.3. The molecular formula is C15H14N6O2S. The van der Waals surface area contributed by atoms with Crippen molar-refractivity contribution in [1.29, 1.82) is 0 Å². The maximum Gasteiger partial charge on any atom is 0.263 e. The number of anilines is 4. The molecule has 0 amide bonds. The summed E-state index contributed by atoms with van der Waals surface area (Å²) >= 11 is 0. The van der Waals surface area contributed by atoms with Crippen LogP contribution < -0.4 is 15.8 Å². The monoisotopic (exact) mass is 342 g/mol. The van der Waals surface area contributed by atoms with Crippen molar-refractivity contribution in [3.63, 3.8) is 0 Å². The third-order valence-electron chi connectivity index (χ3n) is 3.02. The van der Waals surface area contributed by atoms with E-state index in [9.17, 15) is 8.42 Å². The van der Waals surface area contributed by atoms with Gasteiger partial charge in [-0.2, -0.15) is 4.98 Å². The molecule has 0 atom stereocenters.